The smallest absolute Gasteiger partial charge is 0.327 e. The number of nitrogens with zero attached hydrogens (tertiary/aromatic N) is 4. The second-order valence-corrected chi connectivity index (χ2v) is 6.66. The van der Waals surface area contributed by atoms with Gasteiger partial charge >= 0.3 is 5.97 Å². The molecule has 0 saturated carbocycles. The molecule has 0 saturated heterocycles. The molecule has 4 aromatic rings. The standard InChI is InChI=1S/C22H21N5O4/c1-3-31-20(28)14-27-18-11-16(10-9-15(18)12-23-27)24-22(29)21-19(30-2)13-26(25-21)17-7-5-4-6-8-17/h4-13H,3,14H2,1-2H3,(H,24,29). The van der Waals surface area contributed by atoms with Gasteiger partial charge in [-0.3, -0.25) is 14.3 Å². The summed E-state index contributed by atoms with van der Waals surface area (Å²) in [6, 6.07) is 14.8. The molecule has 0 bridgehead atoms. The zero-order chi connectivity index (χ0) is 21.8. The van der Waals surface area contributed by atoms with Crippen LogP contribution in [-0.4, -0.2) is 45.2 Å². The van der Waals surface area contributed by atoms with Crippen molar-refractivity contribution in [3.63, 3.8) is 0 Å². The van der Waals surface area contributed by atoms with E-state index >= 15 is 0 Å². The SMILES string of the molecule is CCOC(=O)Cn1ncc2ccc(NC(=O)c3nn(-c4ccccc4)cc3OC)cc21. The Kier molecular flexibility index (Phi) is 5.65. The average Bonchev–Trinajstić information content (AvgIpc) is 3.39. The van der Waals surface area contributed by atoms with Gasteiger partial charge in [-0.05, 0) is 37.3 Å². The Hall–Kier alpha value is -4.14. The Labute approximate surface area is 178 Å². The van der Waals surface area contributed by atoms with Crippen LogP contribution in [-0.2, 0) is 16.1 Å². The molecule has 158 valence electrons. The highest BCUT2D eigenvalue weighted by atomic mass is 16.5. The van der Waals surface area contributed by atoms with Crippen LogP contribution in [0.25, 0.3) is 16.6 Å². The number of esters is 1. The summed E-state index contributed by atoms with van der Waals surface area (Å²) in [7, 11) is 1.49. The highest BCUT2D eigenvalue weighted by Crippen LogP contribution is 2.23. The molecule has 2 aromatic heterocycles. The van der Waals surface area contributed by atoms with Gasteiger partial charge in [0.25, 0.3) is 5.91 Å². The van der Waals surface area contributed by atoms with Crippen LogP contribution < -0.4 is 10.1 Å². The molecule has 0 atom stereocenters. The molecular weight excluding hydrogens is 398 g/mol. The van der Waals surface area contributed by atoms with Gasteiger partial charge in [-0.15, -0.1) is 0 Å². The van der Waals surface area contributed by atoms with Crippen molar-refractivity contribution in [2.24, 2.45) is 0 Å². The molecule has 0 radical (unpaired) electrons. The van der Waals surface area contributed by atoms with Gasteiger partial charge in [0.15, 0.2) is 11.4 Å². The van der Waals surface area contributed by atoms with E-state index in [9.17, 15) is 9.59 Å². The van der Waals surface area contributed by atoms with E-state index in [-0.39, 0.29) is 18.2 Å². The Morgan fingerprint density at radius 2 is 1.94 bits per heavy atom. The Bertz CT molecular complexity index is 1230. The maximum absolute atomic E-state index is 12.9. The van der Waals surface area contributed by atoms with Crippen molar-refractivity contribution >= 4 is 28.5 Å². The molecule has 0 spiro atoms. The fraction of sp³-hybridized carbons (Fsp3) is 0.182. The van der Waals surface area contributed by atoms with Crippen molar-refractivity contribution in [2.45, 2.75) is 13.5 Å². The molecule has 1 N–H and O–H groups in total. The number of para-hydroxylation sites is 1. The normalized spacial score (nSPS) is 10.8. The first-order valence-electron chi connectivity index (χ1n) is 9.70. The van der Waals surface area contributed by atoms with Gasteiger partial charge < -0.3 is 14.8 Å². The quantitative estimate of drug-likeness (QED) is 0.462. The van der Waals surface area contributed by atoms with E-state index in [1.165, 1.54) is 11.8 Å². The largest absolute Gasteiger partial charge is 0.493 e. The highest BCUT2D eigenvalue weighted by molar-refractivity contribution is 6.05. The number of ether oxygens (including phenoxy) is 2. The lowest BCUT2D eigenvalue weighted by molar-refractivity contribution is -0.143. The topological polar surface area (TPSA) is 100 Å². The van der Waals surface area contributed by atoms with E-state index in [1.54, 1.807) is 36.1 Å². The molecule has 0 fully saturated rings. The first-order valence-corrected chi connectivity index (χ1v) is 9.70. The van der Waals surface area contributed by atoms with Crippen LogP contribution in [0, 0.1) is 0 Å². The Morgan fingerprint density at radius 3 is 2.68 bits per heavy atom. The van der Waals surface area contributed by atoms with Crippen molar-refractivity contribution in [3.05, 3.63) is 66.6 Å². The summed E-state index contributed by atoms with van der Waals surface area (Å²) in [4.78, 5) is 24.7. The number of rotatable bonds is 7. The highest BCUT2D eigenvalue weighted by Gasteiger charge is 2.19. The second kappa shape index (κ2) is 8.70. The monoisotopic (exact) mass is 419 g/mol. The van der Waals surface area contributed by atoms with E-state index in [2.05, 4.69) is 15.5 Å². The third kappa shape index (κ3) is 4.25. The number of amides is 1. The van der Waals surface area contributed by atoms with Gasteiger partial charge in [-0.25, -0.2) is 4.68 Å². The number of carbonyl (C=O) groups is 2. The lowest BCUT2D eigenvalue weighted by atomic mass is 10.2. The molecule has 1 amide bonds. The van der Waals surface area contributed by atoms with Crippen molar-refractivity contribution in [1.82, 2.24) is 19.6 Å². The van der Waals surface area contributed by atoms with Crippen molar-refractivity contribution < 1.29 is 19.1 Å². The summed E-state index contributed by atoms with van der Waals surface area (Å²) in [6.45, 7) is 2.04. The summed E-state index contributed by atoms with van der Waals surface area (Å²) in [5.74, 6) is -0.435. The van der Waals surface area contributed by atoms with E-state index in [0.29, 0.717) is 23.6 Å². The zero-order valence-corrected chi connectivity index (χ0v) is 17.1. The van der Waals surface area contributed by atoms with Gasteiger partial charge in [-0.1, -0.05) is 18.2 Å². The van der Waals surface area contributed by atoms with Crippen molar-refractivity contribution in [3.8, 4) is 11.4 Å². The third-order valence-electron chi connectivity index (χ3n) is 4.62. The fourth-order valence-electron chi connectivity index (χ4n) is 3.17. The molecular formula is C22H21N5O4. The van der Waals surface area contributed by atoms with Crippen LogP contribution in [0.1, 0.15) is 17.4 Å². The molecule has 2 heterocycles. The van der Waals surface area contributed by atoms with Gasteiger partial charge in [0.1, 0.15) is 6.54 Å². The average molecular weight is 419 g/mol. The molecule has 9 heteroatoms. The summed E-state index contributed by atoms with van der Waals surface area (Å²) in [5.41, 5.74) is 2.21. The van der Waals surface area contributed by atoms with Crippen molar-refractivity contribution in [1.29, 1.82) is 0 Å². The van der Waals surface area contributed by atoms with E-state index in [0.717, 1.165) is 11.1 Å². The molecule has 0 aliphatic carbocycles. The number of hydrogen-bond acceptors (Lipinski definition) is 6. The number of nitrogens with one attached hydrogen (secondary N) is 1. The number of hydrogen-bond donors (Lipinski definition) is 1. The Balaban J connectivity index is 1.58. The number of carbonyl (C=O) groups excluding carboxylic acids is 2. The minimum Gasteiger partial charge on any atom is -0.493 e. The van der Waals surface area contributed by atoms with Gasteiger partial charge in [-0.2, -0.15) is 10.2 Å². The number of fused-ring (bicyclic) bond motifs is 1. The van der Waals surface area contributed by atoms with E-state index in [1.807, 2.05) is 36.4 Å². The van der Waals surface area contributed by atoms with Gasteiger partial charge in [0, 0.05) is 11.1 Å². The molecule has 0 aliphatic heterocycles. The van der Waals surface area contributed by atoms with Crippen LogP contribution in [0.5, 0.6) is 5.75 Å². The maximum Gasteiger partial charge on any atom is 0.327 e. The minimum absolute atomic E-state index is 0.00988. The first-order chi connectivity index (χ1) is 15.1. The molecule has 2 aromatic carbocycles. The summed E-state index contributed by atoms with van der Waals surface area (Å²) >= 11 is 0. The summed E-state index contributed by atoms with van der Waals surface area (Å²) in [6.07, 6.45) is 3.31. The summed E-state index contributed by atoms with van der Waals surface area (Å²) in [5, 5.41) is 12.3. The van der Waals surface area contributed by atoms with Gasteiger partial charge in [0.2, 0.25) is 0 Å². The molecule has 0 unspecified atom stereocenters. The number of benzene rings is 2. The predicted molar refractivity (Wildman–Crippen MR) is 114 cm³/mol. The van der Waals surface area contributed by atoms with Crippen LogP contribution in [0.4, 0.5) is 5.69 Å². The Morgan fingerprint density at radius 1 is 1.13 bits per heavy atom. The predicted octanol–water partition coefficient (Wildman–Crippen LogP) is 3.05. The lowest BCUT2D eigenvalue weighted by Crippen LogP contribution is -2.15. The first kappa shape index (κ1) is 20.1. The molecule has 4 rings (SSSR count). The maximum atomic E-state index is 12.9. The fourth-order valence-corrected chi connectivity index (χ4v) is 3.17. The van der Waals surface area contributed by atoms with Crippen molar-refractivity contribution in [2.75, 3.05) is 19.0 Å². The van der Waals surface area contributed by atoms with E-state index in [4.69, 9.17) is 9.47 Å². The van der Waals surface area contributed by atoms with E-state index < -0.39 is 5.91 Å². The van der Waals surface area contributed by atoms with Crippen LogP contribution >= 0.6 is 0 Å². The summed E-state index contributed by atoms with van der Waals surface area (Å²) < 4.78 is 13.5. The molecule has 31 heavy (non-hydrogen) atoms. The second-order valence-electron chi connectivity index (χ2n) is 6.66. The zero-order valence-electron chi connectivity index (χ0n) is 17.1. The molecule has 9 nitrogen and oxygen atoms in total. The van der Waals surface area contributed by atoms with Crippen LogP contribution in [0.2, 0.25) is 0 Å². The molecule has 0 aliphatic rings. The number of methoxy groups -OCH3 is 1. The lowest BCUT2D eigenvalue weighted by Gasteiger charge is -2.07. The van der Waals surface area contributed by atoms with Gasteiger partial charge in [0.05, 0.1) is 37.3 Å². The third-order valence-corrected chi connectivity index (χ3v) is 4.62. The van der Waals surface area contributed by atoms with Crippen LogP contribution in [0.3, 0.4) is 0 Å². The number of aromatic nitrogens is 4. The van der Waals surface area contributed by atoms with Crippen LogP contribution in [0.15, 0.2) is 60.9 Å². The number of anilines is 1. The minimum atomic E-state index is -0.415.